The van der Waals surface area contributed by atoms with Gasteiger partial charge in [0.2, 0.25) is 5.91 Å². The minimum Gasteiger partial charge on any atom is -0.496 e. The molecule has 0 aliphatic heterocycles. The number of hydrogen-bond donors (Lipinski definition) is 2. The van der Waals surface area contributed by atoms with Gasteiger partial charge in [-0.1, -0.05) is 20.8 Å². The van der Waals surface area contributed by atoms with Gasteiger partial charge in [0.25, 0.3) is 0 Å². The van der Waals surface area contributed by atoms with E-state index < -0.39 is 0 Å². The summed E-state index contributed by atoms with van der Waals surface area (Å²) in [7, 11) is 1.65. The molecule has 0 radical (unpaired) electrons. The second kappa shape index (κ2) is 6.06. The summed E-state index contributed by atoms with van der Waals surface area (Å²) in [5, 5.41) is 2.86. The van der Waals surface area contributed by atoms with Crippen molar-refractivity contribution >= 4 is 11.6 Å². The highest BCUT2D eigenvalue weighted by Crippen LogP contribution is 2.33. The van der Waals surface area contributed by atoms with Crippen LogP contribution in [0, 0.1) is 0 Å². The Kier molecular flexibility index (Phi) is 4.95. The highest BCUT2D eigenvalue weighted by Gasteiger charge is 2.19. The van der Waals surface area contributed by atoms with Crippen LogP contribution in [0.1, 0.15) is 39.7 Å². The van der Waals surface area contributed by atoms with Crippen LogP contribution in [0.2, 0.25) is 0 Å². The van der Waals surface area contributed by atoms with Gasteiger partial charge in [0.15, 0.2) is 0 Å². The van der Waals surface area contributed by atoms with Crippen molar-refractivity contribution < 1.29 is 9.53 Å². The van der Waals surface area contributed by atoms with E-state index in [2.05, 4.69) is 26.1 Å². The smallest absolute Gasteiger partial charge is 0.225 e. The molecule has 3 N–H and O–H groups in total. The first-order valence-electron chi connectivity index (χ1n) is 6.48. The number of rotatable bonds is 4. The quantitative estimate of drug-likeness (QED) is 0.878. The molecule has 1 rings (SSSR count). The lowest BCUT2D eigenvalue weighted by atomic mass is 9.86. The number of nitrogens with two attached hydrogens (primary N) is 1. The lowest BCUT2D eigenvalue weighted by Crippen LogP contribution is -2.24. The Morgan fingerprint density at radius 1 is 1.42 bits per heavy atom. The SMILES string of the molecule is COc1ccc(NC(=O)CC(C)N)cc1C(C)(C)C. The third kappa shape index (κ3) is 4.56. The van der Waals surface area contributed by atoms with Crippen molar-refractivity contribution in [2.24, 2.45) is 5.73 Å². The molecule has 106 valence electrons. The van der Waals surface area contributed by atoms with Crippen molar-refractivity contribution in [2.75, 3.05) is 12.4 Å². The number of nitrogens with one attached hydrogen (secondary N) is 1. The summed E-state index contributed by atoms with van der Waals surface area (Å²) >= 11 is 0. The van der Waals surface area contributed by atoms with E-state index in [-0.39, 0.29) is 17.4 Å². The molecule has 1 aromatic carbocycles. The summed E-state index contributed by atoms with van der Waals surface area (Å²) in [4.78, 5) is 11.7. The summed E-state index contributed by atoms with van der Waals surface area (Å²) in [6.45, 7) is 8.14. The van der Waals surface area contributed by atoms with Crippen molar-refractivity contribution in [3.8, 4) is 5.75 Å². The maximum Gasteiger partial charge on any atom is 0.225 e. The van der Waals surface area contributed by atoms with Gasteiger partial charge in [0.1, 0.15) is 5.75 Å². The van der Waals surface area contributed by atoms with Gasteiger partial charge < -0.3 is 15.8 Å². The normalized spacial score (nSPS) is 12.9. The highest BCUT2D eigenvalue weighted by atomic mass is 16.5. The predicted octanol–water partition coefficient (Wildman–Crippen LogP) is 2.67. The Morgan fingerprint density at radius 3 is 2.53 bits per heavy atom. The van der Waals surface area contributed by atoms with Gasteiger partial charge in [-0.3, -0.25) is 4.79 Å². The van der Waals surface area contributed by atoms with Gasteiger partial charge in [-0.05, 0) is 30.5 Å². The van der Waals surface area contributed by atoms with Crippen LogP contribution in [-0.2, 0) is 10.2 Å². The molecule has 19 heavy (non-hydrogen) atoms. The van der Waals surface area contributed by atoms with Crippen molar-refractivity contribution in [3.05, 3.63) is 23.8 Å². The summed E-state index contributed by atoms with van der Waals surface area (Å²) in [6.07, 6.45) is 0.316. The molecule has 1 unspecified atom stereocenters. The molecular weight excluding hydrogens is 240 g/mol. The molecule has 0 spiro atoms. The average molecular weight is 264 g/mol. The first-order chi connectivity index (χ1) is 8.74. The lowest BCUT2D eigenvalue weighted by molar-refractivity contribution is -0.116. The van der Waals surface area contributed by atoms with E-state index in [1.807, 2.05) is 25.1 Å². The molecule has 0 bridgehead atoms. The van der Waals surface area contributed by atoms with E-state index in [0.717, 1.165) is 17.0 Å². The number of ether oxygens (including phenoxy) is 1. The molecule has 0 saturated carbocycles. The Hall–Kier alpha value is -1.55. The van der Waals surface area contributed by atoms with Crippen molar-refractivity contribution in [1.29, 1.82) is 0 Å². The average Bonchev–Trinajstić information content (AvgIpc) is 2.26. The number of methoxy groups -OCH3 is 1. The monoisotopic (exact) mass is 264 g/mol. The number of carbonyl (C=O) groups excluding carboxylic acids is 1. The minimum absolute atomic E-state index is 0.0484. The molecule has 0 fully saturated rings. The molecule has 1 atom stereocenters. The van der Waals surface area contributed by atoms with Crippen molar-refractivity contribution in [3.63, 3.8) is 0 Å². The first-order valence-corrected chi connectivity index (χ1v) is 6.48. The van der Waals surface area contributed by atoms with E-state index in [4.69, 9.17) is 10.5 Å². The molecule has 0 aromatic heterocycles. The van der Waals surface area contributed by atoms with E-state index in [1.165, 1.54) is 0 Å². The maximum absolute atomic E-state index is 11.7. The van der Waals surface area contributed by atoms with Crippen molar-refractivity contribution in [1.82, 2.24) is 0 Å². The molecule has 1 aromatic rings. The number of hydrogen-bond acceptors (Lipinski definition) is 3. The van der Waals surface area contributed by atoms with Gasteiger partial charge in [-0.15, -0.1) is 0 Å². The van der Waals surface area contributed by atoms with Crippen LogP contribution in [0.3, 0.4) is 0 Å². The summed E-state index contributed by atoms with van der Waals surface area (Å²) < 4.78 is 5.36. The Labute approximate surface area is 115 Å². The van der Waals surface area contributed by atoms with Gasteiger partial charge in [-0.2, -0.15) is 0 Å². The molecule has 4 nitrogen and oxygen atoms in total. The fourth-order valence-electron chi connectivity index (χ4n) is 1.88. The Bertz CT molecular complexity index is 448. The number of amides is 1. The number of benzene rings is 1. The molecular formula is C15H24N2O2. The second-order valence-corrected chi connectivity index (χ2v) is 5.89. The molecule has 0 aliphatic rings. The Balaban J connectivity index is 2.96. The molecule has 0 saturated heterocycles. The van der Waals surface area contributed by atoms with Gasteiger partial charge >= 0.3 is 0 Å². The zero-order valence-corrected chi connectivity index (χ0v) is 12.4. The highest BCUT2D eigenvalue weighted by molar-refractivity contribution is 5.91. The largest absolute Gasteiger partial charge is 0.496 e. The lowest BCUT2D eigenvalue weighted by Gasteiger charge is -2.23. The minimum atomic E-state index is -0.139. The summed E-state index contributed by atoms with van der Waals surface area (Å²) in [5.41, 5.74) is 7.40. The summed E-state index contributed by atoms with van der Waals surface area (Å²) in [6, 6.07) is 5.54. The fraction of sp³-hybridized carbons (Fsp3) is 0.533. The topological polar surface area (TPSA) is 64.3 Å². The van der Waals surface area contributed by atoms with Crippen LogP contribution in [0.25, 0.3) is 0 Å². The molecule has 0 aliphatic carbocycles. The Morgan fingerprint density at radius 2 is 2.05 bits per heavy atom. The summed E-state index contributed by atoms with van der Waals surface area (Å²) in [5.74, 6) is 0.762. The van der Waals surface area contributed by atoms with Gasteiger partial charge in [-0.25, -0.2) is 0 Å². The number of carbonyl (C=O) groups is 1. The van der Waals surface area contributed by atoms with Crippen molar-refractivity contribution in [2.45, 2.75) is 45.6 Å². The molecule has 4 heteroatoms. The van der Waals surface area contributed by atoms with Gasteiger partial charge in [0.05, 0.1) is 7.11 Å². The van der Waals surface area contributed by atoms with Crippen LogP contribution in [0.15, 0.2) is 18.2 Å². The van der Waals surface area contributed by atoms with E-state index in [1.54, 1.807) is 7.11 Å². The van der Waals surface area contributed by atoms with Crippen LogP contribution < -0.4 is 15.8 Å². The van der Waals surface area contributed by atoms with Crippen LogP contribution in [0.4, 0.5) is 5.69 Å². The van der Waals surface area contributed by atoms with Crippen LogP contribution in [0.5, 0.6) is 5.75 Å². The maximum atomic E-state index is 11.7. The predicted molar refractivity (Wildman–Crippen MR) is 78.6 cm³/mol. The zero-order chi connectivity index (χ0) is 14.6. The third-order valence-electron chi connectivity index (χ3n) is 2.80. The standard InChI is InChI=1S/C15H24N2O2/c1-10(16)8-14(18)17-11-6-7-13(19-5)12(9-11)15(2,3)4/h6-7,9-10H,8,16H2,1-5H3,(H,17,18). The van der Waals surface area contributed by atoms with E-state index >= 15 is 0 Å². The molecule has 1 amide bonds. The fourth-order valence-corrected chi connectivity index (χ4v) is 1.88. The number of anilines is 1. The third-order valence-corrected chi connectivity index (χ3v) is 2.80. The first kappa shape index (κ1) is 15.5. The van der Waals surface area contributed by atoms with E-state index in [0.29, 0.717) is 6.42 Å². The van der Waals surface area contributed by atoms with E-state index in [9.17, 15) is 4.79 Å². The second-order valence-electron chi connectivity index (χ2n) is 5.89. The zero-order valence-electron chi connectivity index (χ0n) is 12.4. The van der Waals surface area contributed by atoms with Gasteiger partial charge in [0, 0.05) is 23.7 Å². The van der Waals surface area contributed by atoms with Crippen LogP contribution in [-0.4, -0.2) is 19.1 Å². The van der Waals surface area contributed by atoms with Crippen LogP contribution >= 0.6 is 0 Å². The molecule has 0 heterocycles.